The van der Waals surface area contributed by atoms with Crippen molar-refractivity contribution < 1.29 is 14.7 Å². The first-order valence-electron chi connectivity index (χ1n) is 6.15. The Labute approximate surface area is 112 Å². The Bertz CT molecular complexity index is 462. The van der Waals surface area contributed by atoms with E-state index in [4.69, 9.17) is 5.11 Å². The van der Waals surface area contributed by atoms with Gasteiger partial charge in [-0.2, -0.15) is 0 Å². The monoisotopic (exact) mass is 265 g/mol. The third-order valence-corrected chi connectivity index (χ3v) is 2.82. The number of aliphatic carboxylic acids is 1. The lowest BCUT2D eigenvalue weighted by molar-refractivity contribution is -0.138. The van der Waals surface area contributed by atoms with E-state index in [0.29, 0.717) is 12.1 Å². The third-order valence-electron chi connectivity index (χ3n) is 2.82. The number of urea groups is 1. The lowest BCUT2D eigenvalue weighted by atomic mass is 10.2. The van der Waals surface area contributed by atoms with E-state index in [0.717, 1.165) is 5.56 Å². The number of hydrogen-bond acceptors (Lipinski definition) is 3. The molecule has 0 aliphatic heterocycles. The van der Waals surface area contributed by atoms with E-state index in [9.17, 15) is 9.59 Å². The maximum Gasteiger partial charge on any atom is 0.323 e. The molecule has 1 rings (SSSR count). The van der Waals surface area contributed by atoms with E-state index < -0.39 is 12.0 Å². The third kappa shape index (κ3) is 4.57. The molecule has 1 unspecified atom stereocenters. The fourth-order valence-electron chi connectivity index (χ4n) is 1.61. The Kier molecular flexibility index (Phi) is 5.29. The number of anilines is 1. The minimum absolute atomic E-state index is 0.145. The van der Waals surface area contributed by atoms with Crippen LogP contribution >= 0.6 is 0 Å². The van der Waals surface area contributed by atoms with Crippen LogP contribution in [-0.2, 0) is 4.79 Å². The molecule has 1 aromatic rings. The minimum atomic E-state index is -1.03. The highest BCUT2D eigenvalue weighted by Gasteiger charge is 2.21. The van der Waals surface area contributed by atoms with Gasteiger partial charge < -0.3 is 15.3 Å². The molecule has 0 radical (unpaired) electrons. The van der Waals surface area contributed by atoms with Gasteiger partial charge in [0.2, 0.25) is 0 Å². The molecule has 2 N–H and O–H groups in total. The van der Waals surface area contributed by atoms with Crippen molar-refractivity contribution >= 4 is 17.7 Å². The summed E-state index contributed by atoms with van der Waals surface area (Å²) in [6.07, 6.45) is 3.90. The van der Waals surface area contributed by atoms with Crippen molar-refractivity contribution in [1.29, 1.82) is 0 Å². The molecule has 0 aromatic carbocycles. The molecule has 2 amide bonds. The van der Waals surface area contributed by atoms with Gasteiger partial charge in [-0.3, -0.25) is 9.78 Å². The van der Waals surface area contributed by atoms with Gasteiger partial charge in [0.25, 0.3) is 0 Å². The van der Waals surface area contributed by atoms with Crippen LogP contribution in [0.15, 0.2) is 18.5 Å². The lowest BCUT2D eigenvalue weighted by Gasteiger charge is -2.27. The number of rotatable bonds is 5. The number of aryl methyl sites for hydroxylation is 1. The standard InChI is InChI=1S/C13H19N3O3/c1-4-10(3)16(8-12(17)18)13(19)15-11-5-9(2)6-14-7-11/h5-7,10H,4,8H2,1-3H3,(H,15,19)(H,17,18). The van der Waals surface area contributed by atoms with Gasteiger partial charge in [-0.15, -0.1) is 0 Å². The number of nitrogens with one attached hydrogen (secondary N) is 1. The summed E-state index contributed by atoms with van der Waals surface area (Å²) < 4.78 is 0. The minimum Gasteiger partial charge on any atom is -0.480 e. The van der Waals surface area contributed by atoms with Gasteiger partial charge in [-0.25, -0.2) is 4.79 Å². The first-order chi connectivity index (χ1) is 8.93. The van der Waals surface area contributed by atoms with Crippen LogP contribution in [0.1, 0.15) is 25.8 Å². The molecule has 0 aliphatic carbocycles. The second-order valence-corrected chi connectivity index (χ2v) is 4.46. The number of aromatic nitrogens is 1. The zero-order chi connectivity index (χ0) is 14.4. The summed E-state index contributed by atoms with van der Waals surface area (Å²) in [5.41, 5.74) is 1.48. The summed E-state index contributed by atoms with van der Waals surface area (Å²) in [4.78, 5) is 28.2. The van der Waals surface area contributed by atoms with Gasteiger partial charge in [-0.05, 0) is 31.9 Å². The average molecular weight is 265 g/mol. The number of carboxylic acid groups (broad SMARTS) is 1. The SMILES string of the molecule is CCC(C)N(CC(=O)O)C(=O)Nc1cncc(C)c1. The summed E-state index contributed by atoms with van der Waals surface area (Å²) >= 11 is 0. The van der Waals surface area contributed by atoms with Crippen LogP contribution in [0.4, 0.5) is 10.5 Å². The molecule has 0 spiro atoms. The van der Waals surface area contributed by atoms with Gasteiger partial charge in [0.1, 0.15) is 6.54 Å². The fourth-order valence-corrected chi connectivity index (χ4v) is 1.61. The number of amides is 2. The van der Waals surface area contributed by atoms with Gasteiger partial charge >= 0.3 is 12.0 Å². The molecule has 6 heteroatoms. The molecule has 0 fully saturated rings. The Morgan fingerprint density at radius 2 is 2.16 bits per heavy atom. The van der Waals surface area contributed by atoms with Crippen molar-refractivity contribution in [1.82, 2.24) is 9.88 Å². The average Bonchev–Trinajstić information content (AvgIpc) is 2.34. The first kappa shape index (κ1) is 14.9. The van der Waals surface area contributed by atoms with Crippen LogP contribution in [0.2, 0.25) is 0 Å². The van der Waals surface area contributed by atoms with E-state index >= 15 is 0 Å². The van der Waals surface area contributed by atoms with Crippen LogP contribution in [0.25, 0.3) is 0 Å². The molecule has 6 nitrogen and oxygen atoms in total. The van der Waals surface area contributed by atoms with Gasteiger partial charge in [0.05, 0.1) is 11.9 Å². The maximum atomic E-state index is 12.1. The second-order valence-electron chi connectivity index (χ2n) is 4.46. The smallest absolute Gasteiger partial charge is 0.323 e. The number of carboxylic acids is 1. The Morgan fingerprint density at radius 3 is 2.68 bits per heavy atom. The molecule has 0 aliphatic rings. The molecule has 1 atom stereocenters. The highest BCUT2D eigenvalue weighted by Crippen LogP contribution is 2.11. The van der Waals surface area contributed by atoms with E-state index in [-0.39, 0.29) is 12.6 Å². The largest absolute Gasteiger partial charge is 0.480 e. The number of nitrogens with zero attached hydrogens (tertiary/aromatic N) is 2. The highest BCUT2D eigenvalue weighted by molar-refractivity contribution is 5.91. The predicted molar refractivity (Wildman–Crippen MR) is 72.1 cm³/mol. The van der Waals surface area contributed by atoms with Crippen molar-refractivity contribution in [2.75, 3.05) is 11.9 Å². The van der Waals surface area contributed by atoms with E-state index in [1.165, 1.54) is 11.1 Å². The first-order valence-corrected chi connectivity index (χ1v) is 6.15. The molecule has 0 bridgehead atoms. The molecule has 1 heterocycles. The van der Waals surface area contributed by atoms with Gasteiger partial charge in [0, 0.05) is 12.2 Å². The number of pyridine rings is 1. The molecular weight excluding hydrogens is 246 g/mol. The summed E-state index contributed by atoms with van der Waals surface area (Å²) in [6.45, 7) is 5.27. The van der Waals surface area contributed by atoms with Crippen LogP contribution in [0, 0.1) is 6.92 Å². The zero-order valence-corrected chi connectivity index (χ0v) is 11.4. The maximum absolute atomic E-state index is 12.1. The highest BCUT2D eigenvalue weighted by atomic mass is 16.4. The van der Waals surface area contributed by atoms with Crippen molar-refractivity contribution in [2.24, 2.45) is 0 Å². The van der Waals surface area contributed by atoms with Crippen LogP contribution < -0.4 is 5.32 Å². The summed E-state index contributed by atoms with van der Waals surface area (Å²) in [6, 6.07) is 1.21. The number of carbonyl (C=O) groups is 2. The molecule has 0 saturated carbocycles. The van der Waals surface area contributed by atoms with E-state index in [2.05, 4.69) is 10.3 Å². The van der Waals surface area contributed by atoms with Crippen LogP contribution in [0.3, 0.4) is 0 Å². The van der Waals surface area contributed by atoms with Crippen LogP contribution in [0.5, 0.6) is 0 Å². The van der Waals surface area contributed by atoms with E-state index in [1.807, 2.05) is 20.8 Å². The van der Waals surface area contributed by atoms with Crippen LogP contribution in [-0.4, -0.2) is 39.6 Å². The Morgan fingerprint density at radius 1 is 1.47 bits per heavy atom. The number of carbonyl (C=O) groups excluding carboxylic acids is 1. The number of hydrogen-bond donors (Lipinski definition) is 2. The van der Waals surface area contributed by atoms with Gasteiger partial charge in [0.15, 0.2) is 0 Å². The normalized spacial score (nSPS) is 11.7. The topological polar surface area (TPSA) is 82.5 Å². The van der Waals surface area contributed by atoms with Gasteiger partial charge in [-0.1, -0.05) is 6.92 Å². The molecular formula is C13H19N3O3. The Balaban J connectivity index is 2.79. The Hall–Kier alpha value is -2.11. The summed E-state index contributed by atoms with van der Waals surface area (Å²) in [5.74, 6) is -1.03. The predicted octanol–water partition coefficient (Wildman–Crippen LogP) is 2.11. The zero-order valence-electron chi connectivity index (χ0n) is 11.4. The van der Waals surface area contributed by atoms with Crippen molar-refractivity contribution in [2.45, 2.75) is 33.2 Å². The summed E-state index contributed by atoms with van der Waals surface area (Å²) in [7, 11) is 0. The molecule has 104 valence electrons. The summed E-state index contributed by atoms with van der Waals surface area (Å²) in [5, 5.41) is 11.5. The van der Waals surface area contributed by atoms with E-state index in [1.54, 1.807) is 12.3 Å². The molecule has 0 saturated heterocycles. The quantitative estimate of drug-likeness (QED) is 0.854. The van der Waals surface area contributed by atoms with Crippen molar-refractivity contribution in [3.63, 3.8) is 0 Å². The van der Waals surface area contributed by atoms with Crippen molar-refractivity contribution in [3.05, 3.63) is 24.0 Å². The fraction of sp³-hybridized carbons (Fsp3) is 0.462. The second kappa shape index (κ2) is 6.72. The lowest BCUT2D eigenvalue weighted by Crippen LogP contribution is -2.44. The molecule has 1 aromatic heterocycles. The van der Waals surface area contributed by atoms with Crippen molar-refractivity contribution in [3.8, 4) is 0 Å². The molecule has 19 heavy (non-hydrogen) atoms.